The third kappa shape index (κ3) is 4.69. The summed E-state index contributed by atoms with van der Waals surface area (Å²) in [4.78, 5) is 17.0. The van der Waals surface area contributed by atoms with Gasteiger partial charge in [-0.3, -0.25) is 9.78 Å². The number of allylic oxidation sites excluding steroid dienone is 1. The molecule has 0 radical (unpaired) electrons. The molecule has 0 saturated heterocycles. The Morgan fingerprint density at radius 1 is 1.00 bits per heavy atom. The standard InChI is InChI=1S/C25H25N3O2/c1-17(2)30-21-8-5-19(6-9-21)22-11-7-20(16-28-22)25(29)12-4-18-3-10-23-24(15-18)27-14-13-26-23/h3-12,15-17,26-27H,13-14H2,1-2H3/b12-4+. The van der Waals surface area contributed by atoms with Gasteiger partial charge < -0.3 is 15.4 Å². The zero-order valence-electron chi connectivity index (χ0n) is 17.2. The fourth-order valence-corrected chi connectivity index (χ4v) is 3.32. The van der Waals surface area contributed by atoms with E-state index in [1.54, 1.807) is 12.3 Å². The van der Waals surface area contributed by atoms with Crippen molar-refractivity contribution in [2.75, 3.05) is 23.7 Å². The minimum absolute atomic E-state index is 0.0708. The van der Waals surface area contributed by atoms with Gasteiger partial charge in [0.05, 0.1) is 23.2 Å². The molecule has 0 bridgehead atoms. The number of rotatable bonds is 6. The number of nitrogens with zero attached hydrogens (tertiary/aromatic N) is 1. The van der Waals surface area contributed by atoms with Gasteiger partial charge in [-0.2, -0.15) is 0 Å². The van der Waals surface area contributed by atoms with Gasteiger partial charge in [-0.15, -0.1) is 0 Å². The number of aromatic nitrogens is 1. The van der Waals surface area contributed by atoms with E-state index >= 15 is 0 Å². The fourth-order valence-electron chi connectivity index (χ4n) is 3.32. The van der Waals surface area contributed by atoms with Crippen LogP contribution in [0.3, 0.4) is 0 Å². The lowest BCUT2D eigenvalue weighted by Crippen LogP contribution is -2.20. The van der Waals surface area contributed by atoms with Crippen LogP contribution in [0.15, 0.2) is 66.9 Å². The van der Waals surface area contributed by atoms with Gasteiger partial charge in [0.15, 0.2) is 5.78 Å². The van der Waals surface area contributed by atoms with Crippen molar-refractivity contribution in [1.29, 1.82) is 0 Å². The van der Waals surface area contributed by atoms with Crippen LogP contribution in [0.25, 0.3) is 17.3 Å². The van der Waals surface area contributed by atoms with Crippen molar-refractivity contribution in [2.24, 2.45) is 0 Å². The number of carbonyl (C=O) groups excluding carboxylic acids is 1. The van der Waals surface area contributed by atoms with E-state index in [0.717, 1.165) is 47.0 Å². The molecule has 30 heavy (non-hydrogen) atoms. The number of benzene rings is 2. The summed E-state index contributed by atoms with van der Waals surface area (Å²) in [5, 5.41) is 6.70. The van der Waals surface area contributed by atoms with Gasteiger partial charge in [0, 0.05) is 30.4 Å². The third-order valence-electron chi connectivity index (χ3n) is 4.80. The van der Waals surface area contributed by atoms with Crippen LogP contribution in [-0.4, -0.2) is 30.0 Å². The highest BCUT2D eigenvalue weighted by Crippen LogP contribution is 2.26. The molecule has 0 spiro atoms. The number of carbonyl (C=O) groups is 1. The Labute approximate surface area is 176 Å². The smallest absolute Gasteiger partial charge is 0.187 e. The molecule has 0 aliphatic carbocycles. The first-order chi connectivity index (χ1) is 14.6. The number of anilines is 2. The lowest BCUT2D eigenvalue weighted by atomic mass is 10.1. The summed E-state index contributed by atoms with van der Waals surface area (Å²) < 4.78 is 5.67. The Bertz CT molecular complexity index is 1050. The van der Waals surface area contributed by atoms with Crippen molar-refractivity contribution in [1.82, 2.24) is 4.98 Å². The number of hydrogen-bond acceptors (Lipinski definition) is 5. The normalized spacial score (nSPS) is 12.9. The minimum atomic E-state index is -0.0708. The van der Waals surface area contributed by atoms with E-state index in [0.29, 0.717) is 5.56 Å². The van der Waals surface area contributed by atoms with E-state index in [1.807, 2.05) is 74.5 Å². The Hall–Kier alpha value is -3.60. The molecular weight excluding hydrogens is 374 g/mol. The Morgan fingerprint density at radius 3 is 2.47 bits per heavy atom. The van der Waals surface area contributed by atoms with E-state index in [4.69, 9.17) is 4.74 Å². The van der Waals surface area contributed by atoms with Crippen LogP contribution in [0.2, 0.25) is 0 Å². The van der Waals surface area contributed by atoms with Gasteiger partial charge >= 0.3 is 0 Å². The summed E-state index contributed by atoms with van der Waals surface area (Å²) in [5.41, 5.74) is 5.50. The molecule has 1 aromatic heterocycles. The van der Waals surface area contributed by atoms with Gasteiger partial charge in [0.1, 0.15) is 5.75 Å². The molecule has 2 aromatic carbocycles. The third-order valence-corrected chi connectivity index (χ3v) is 4.80. The summed E-state index contributed by atoms with van der Waals surface area (Å²) in [6.45, 7) is 5.81. The summed E-state index contributed by atoms with van der Waals surface area (Å²) in [6.07, 6.45) is 5.19. The number of ether oxygens (including phenoxy) is 1. The predicted octanol–water partition coefficient (Wildman–Crippen LogP) is 5.27. The monoisotopic (exact) mass is 399 g/mol. The second-order valence-electron chi connectivity index (χ2n) is 7.48. The maximum atomic E-state index is 12.5. The van der Waals surface area contributed by atoms with E-state index in [2.05, 4.69) is 15.6 Å². The van der Waals surface area contributed by atoms with Gasteiger partial charge in [0.2, 0.25) is 0 Å². The maximum Gasteiger partial charge on any atom is 0.187 e. The van der Waals surface area contributed by atoms with Crippen molar-refractivity contribution >= 4 is 23.2 Å². The topological polar surface area (TPSA) is 63.2 Å². The van der Waals surface area contributed by atoms with Crippen LogP contribution < -0.4 is 15.4 Å². The molecule has 2 heterocycles. The van der Waals surface area contributed by atoms with E-state index in [9.17, 15) is 4.79 Å². The first-order valence-electron chi connectivity index (χ1n) is 10.2. The second-order valence-corrected chi connectivity index (χ2v) is 7.48. The van der Waals surface area contributed by atoms with Crippen LogP contribution in [0.1, 0.15) is 29.8 Å². The molecule has 5 nitrogen and oxygen atoms in total. The Kier molecular flexibility index (Phi) is 5.80. The van der Waals surface area contributed by atoms with Crippen molar-refractivity contribution < 1.29 is 9.53 Å². The van der Waals surface area contributed by atoms with Gasteiger partial charge in [-0.05, 0) is 74.0 Å². The first kappa shape index (κ1) is 19.7. The quantitative estimate of drug-likeness (QED) is 0.437. The largest absolute Gasteiger partial charge is 0.491 e. The molecule has 5 heteroatoms. The number of hydrogen-bond donors (Lipinski definition) is 2. The summed E-state index contributed by atoms with van der Waals surface area (Å²) >= 11 is 0. The molecule has 0 saturated carbocycles. The van der Waals surface area contributed by atoms with Crippen molar-refractivity contribution in [3.63, 3.8) is 0 Å². The molecule has 1 aliphatic heterocycles. The number of fused-ring (bicyclic) bond motifs is 1. The highest BCUT2D eigenvalue weighted by atomic mass is 16.5. The SMILES string of the molecule is CC(C)Oc1ccc(-c2ccc(C(=O)/C=C/c3ccc4c(c3)NCCN4)cn2)cc1. The van der Waals surface area contributed by atoms with Crippen LogP contribution in [0, 0.1) is 0 Å². The lowest BCUT2D eigenvalue weighted by molar-refractivity contribution is 0.104. The van der Waals surface area contributed by atoms with Crippen LogP contribution in [-0.2, 0) is 0 Å². The Morgan fingerprint density at radius 2 is 1.77 bits per heavy atom. The molecule has 1 aliphatic rings. The molecule has 152 valence electrons. The van der Waals surface area contributed by atoms with E-state index < -0.39 is 0 Å². The number of nitrogens with one attached hydrogen (secondary N) is 2. The molecule has 0 unspecified atom stereocenters. The molecule has 2 N–H and O–H groups in total. The van der Waals surface area contributed by atoms with Gasteiger partial charge in [-0.1, -0.05) is 12.1 Å². The molecule has 0 atom stereocenters. The average Bonchev–Trinajstić information content (AvgIpc) is 2.77. The van der Waals surface area contributed by atoms with E-state index in [-0.39, 0.29) is 11.9 Å². The fraction of sp³-hybridized carbons (Fsp3) is 0.200. The molecule has 0 fully saturated rings. The Balaban J connectivity index is 1.43. The van der Waals surface area contributed by atoms with Gasteiger partial charge in [0.25, 0.3) is 0 Å². The average molecular weight is 399 g/mol. The van der Waals surface area contributed by atoms with E-state index in [1.165, 1.54) is 0 Å². The summed E-state index contributed by atoms with van der Waals surface area (Å²) in [6, 6.07) is 17.6. The second kappa shape index (κ2) is 8.82. The molecule has 4 rings (SSSR count). The maximum absolute atomic E-state index is 12.5. The highest BCUT2D eigenvalue weighted by Gasteiger charge is 2.08. The zero-order chi connectivity index (χ0) is 20.9. The van der Waals surface area contributed by atoms with Gasteiger partial charge in [-0.25, -0.2) is 0 Å². The molecule has 0 amide bonds. The summed E-state index contributed by atoms with van der Waals surface area (Å²) in [7, 11) is 0. The minimum Gasteiger partial charge on any atom is -0.491 e. The first-order valence-corrected chi connectivity index (χ1v) is 10.2. The van der Waals surface area contributed by atoms with Crippen LogP contribution in [0.4, 0.5) is 11.4 Å². The molecule has 3 aromatic rings. The van der Waals surface area contributed by atoms with Crippen LogP contribution >= 0.6 is 0 Å². The number of ketones is 1. The van der Waals surface area contributed by atoms with Crippen molar-refractivity contribution in [3.05, 3.63) is 78.0 Å². The summed E-state index contributed by atoms with van der Waals surface area (Å²) in [5.74, 6) is 0.761. The molecular formula is C25H25N3O2. The zero-order valence-corrected chi connectivity index (χ0v) is 17.2. The predicted molar refractivity (Wildman–Crippen MR) is 122 cm³/mol. The number of pyridine rings is 1. The highest BCUT2D eigenvalue weighted by molar-refractivity contribution is 6.06. The lowest BCUT2D eigenvalue weighted by Gasteiger charge is -2.20. The van der Waals surface area contributed by atoms with Crippen molar-refractivity contribution in [3.8, 4) is 17.0 Å². The van der Waals surface area contributed by atoms with Crippen LogP contribution in [0.5, 0.6) is 5.75 Å². The van der Waals surface area contributed by atoms with Crippen molar-refractivity contribution in [2.45, 2.75) is 20.0 Å².